The first-order valence-corrected chi connectivity index (χ1v) is 5.43. The molecule has 0 bridgehead atoms. The van der Waals surface area contributed by atoms with Crippen molar-refractivity contribution in [2.45, 2.75) is 3.74 Å². The predicted octanol–water partition coefficient (Wildman–Crippen LogP) is 4.78. The molecule has 1 rings (SSSR count). The molecule has 0 amide bonds. The van der Waals surface area contributed by atoms with Crippen LogP contribution in [-0.4, -0.2) is 0 Å². The van der Waals surface area contributed by atoms with Gasteiger partial charge in [-0.25, -0.2) is 0 Å². The molecule has 0 aliphatic rings. The fraction of sp³-hybridized carbons (Fsp3) is 0.143. The lowest BCUT2D eigenvalue weighted by Gasteiger charge is -2.05. The summed E-state index contributed by atoms with van der Waals surface area (Å²) in [4.78, 5) is 0. The van der Waals surface area contributed by atoms with E-state index in [4.69, 9.17) is 23.2 Å². The first-order valence-electron chi connectivity index (χ1n) is 2.85. The van der Waals surface area contributed by atoms with Crippen LogP contribution in [-0.2, 0) is 0 Å². The van der Waals surface area contributed by atoms with Crippen molar-refractivity contribution in [3.8, 4) is 0 Å². The Balaban J connectivity index is 3.17. The van der Waals surface area contributed by atoms with Gasteiger partial charge in [0.05, 0.1) is 13.8 Å². The smallest absolute Gasteiger partial charge is 0.0827 e. The van der Waals surface area contributed by atoms with E-state index in [0.29, 0.717) is 10.0 Å². The van der Waals surface area contributed by atoms with Crippen LogP contribution in [0.25, 0.3) is 0 Å². The number of halogens is 4. The summed E-state index contributed by atoms with van der Waals surface area (Å²) in [6, 6.07) is 5.53. The molecular weight excluding hydrogens is 315 g/mol. The lowest BCUT2D eigenvalue weighted by atomic mass is 10.2. The minimum Gasteiger partial charge on any atom is -0.0827 e. The van der Waals surface area contributed by atoms with Crippen LogP contribution in [0.4, 0.5) is 0 Å². The number of benzene rings is 1. The van der Waals surface area contributed by atoms with Crippen LogP contribution in [0.3, 0.4) is 0 Å². The summed E-state index contributed by atoms with van der Waals surface area (Å²) in [6.45, 7) is 0. The second kappa shape index (κ2) is 4.13. The van der Waals surface area contributed by atoms with Gasteiger partial charge in [0.15, 0.2) is 0 Å². The highest BCUT2D eigenvalue weighted by Crippen LogP contribution is 2.37. The van der Waals surface area contributed by atoms with Gasteiger partial charge in [0.25, 0.3) is 0 Å². The topological polar surface area (TPSA) is 0 Å². The molecule has 0 fully saturated rings. The van der Waals surface area contributed by atoms with Crippen molar-refractivity contribution < 1.29 is 0 Å². The van der Waals surface area contributed by atoms with E-state index in [1.165, 1.54) is 0 Å². The summed E-state index contributed by atoms with van der Waals surface area (Å²) in [5.74, 6) is 0. The second-order valence-electron chi connectivity index (χ2n) is 1.94. The van der Waals surface area contributed by atoms with Gasteiger partial charge in [-0.3, -0.25) is 0 Å². The molecule has 11 heavy (non-hydrogen) atoms. The van der Waals surface area contributed by atoms with Crippen molar-refractivity contribution in [3.63, 3.8) is 0 Å². The van der Waals surface area contributed by atoms with E-state index in [1.807, 2.05) is 12.1 Å². The van der Waals surface area contributed by atoms with Crippen LogP contribution in [0.15, 0.2) is 18.2 Å². The maximum atomic E-state index is 5.90. The van der Waals surface area contributed by atoms with E-state index in [0.717, 1.165) is 5.56 Å². The van der Waals surface area contributed by atoms with Gasteiger partial charge < -0.3 is 0 Å². The van der Waals surface area contributed by atoms with Gasteiger partial charge in [-0.1, -0.05) is 67.2 Å². The average molecular weight is 319 g/mol. The van der Waals surface area contributed by atoms with E-state index in [1.54, 1.807) is 6.07 Å². The van der Waals surface area contributed by atoms with Gasteiger partial charge in [-0.15, -0.1) is 0 Å². The normalized spacial score (nSPS) is 10.6. The van der Waals surface area contributed by atoms with Gasteiger partial charge in [-0.2, -0.15) is 0 Å². The third-order valence-electron chi connectivity index (χ3n) is 1.22. The molecule has 0 aliphatic carbocycles. The minimum atomic E-state index is 0.0567. The van der Waals surface area contributed by atoms with Crippen LogP contribution in [0, 0.1) is 0 Å². The minimum absolute atomic E-state index is 0.0567. The highest BCUT2D eigenvalue weighted by Gasteiger charge is 2.09. The number of hydrogen-bond acceptors (Lipinski definition) is 0. The quantitative estimate of drug-likeness (QED) is 0.654. The third kappa shape index (κ3) is 2.35. The van der Waals surface area contributed by atoms with Crippen LogP contribution in [0.2, 0.25) is 10.0 Å². The van der Waals surface area contributed by atoms with Crippen molar-refractivity contribution >= 4 is 55.1 Å². The second-order valence-corrected chi connectivity index (χ2v) is 5.79. The van der Waals surface area contributed by atoms with Crippen molar-refractivity contribution in [1.29, 1.82) is 0 Å². The first-order chi connectivity index (χ1) is 5.13. The Morgan fingerprint density at radius 1 is 1.18 bits per heavy atom. The molecule has 0 saturated heterocycles. The molecule has 0 aromatic heterocycles. The van der Waals surface area contributed by atoms with Crippen molar-refractivity contribution in [1.82, 2.24) is 0 Å². The lowest BCUT2D eigenvalue weighted by molar-refractivity contribution is 1.42. The van der Waals surface area contributed by atoms with Crippen LogP contribution in [0.1, 0.15) is 9.30 Å². The SMILES string of the molecule is Clc1cccc(C(Br)Br)c1Cl. The Morgan fingerprint density at radius 2 is 1.82 bits per heavy atom. The number of hydrogen-bond donors (Lipinski definition) is 0. The number of rotatable bonds is 1. The summed E-state index contributed by atoms with van der Waals surface area (Å²) in [5, 5.41) is 1.17. The first kappa shape index (κ1) is 9.85. The fourth-order valence-electron chi connectivity index (χ4n) is 0.689. The Bertz CT molecular complexity index is 261. The zero-order chi connectivity index (χ0) is 8.43. The zero-order valence-electron chi connectivity index (χ0n) is 5.32. The molecule has 0 atom stereocenters. The van der Waals surface area contributed by atoms with Crippen molar-refractivity contribution in [2.24, 2.45) is 0 Å². The maximum Gasteiger partial charge on any atom is 0.0961 e. The van der Waals surface area contributed by atoms with Gasteiger partial charge >= 0.3 is 0 Å². The molecule has 0 unspecified atom stereocenters. The highest BCUT2D eigenvalue weighted by atomic mass is 79.9. The average Bonchev–Trinajstić information content (AvgIpc) is 1.94. The zero-order valence-corrected chi connectivity index (χ0v) is 10.0. The van der Waals surface area contributed by atoms with Crippen molar-refractivity contribution in [2.75, 3.05) is 0 Å². The lowest BCUT2D eigenvalue weighted by Crippen LogP contribution is -1.82. The molecule has 0 saturated carbocycles. The van der Waals surface area contributed by atoms with Gasteiger partial charge in [0.1, 0.15) is 0 Å². The summed E-state index contributed by atoms with van der Waals surface area (Å²) >= 11 is 18.4. The van der Waals surface area contributed by atoms with Gasteiger partial charge in [-0.05, 0) is 11.6 Å². The Labute approximate surface area is 92.1 Å². The Kier molecular flexibility index (Phi) is 3.69. The maximum absolute atomic E-state index is 5.90. The monoisotopic (exact) mass is 316 g/mol. The van der Waals surface area contributed by atoms with E-state index in [-0.39, 0.29) is 3.74 Å². The molecule has 0 heterocycles. The summed E-state index contributed by atoms with van der Waals surface area (Å²) in [6.07, 6.45) is 0. The molecule has 0 spiro atoms. The Hall–Kier alpha value is 0.760. The molecule has 1 aromatic carbocycles. The van der Waals surface area contributed by atoms with E-state index < -0.39 is 0 Å². The highest BCUT2D eigenvalue weighted by molar-refractivity contribution is 9.24. The largest absolute Gasteiger partial charge is 0.0961 e. The molecule has 4 heteroatoms. The molecule has 1 aromatic rings. The molecule has 0 nitrogen and oxygen atoms in total. The summed E-state index contributed by atoms with van der Waals surface area (Å²) in [7, 11) is 0. The molecule has 0 aliphatic heterocycles. The van der Waals surface area contributed by atoms with Gasteiger partial charge in [0.2, 0.25) is 0 Å². The molecule has 60 valence electrons. The molecular formula is C7H4Br2Cl2. The van der Waals surface area contributed by atoms with Crippen molar-refractivity contribution in [3.05, 3.63) is 33.8 Å². The predicted molar refractivity (Wildman–Crippen MR) is 57.1 cm³/mol. The van der Waals surface area contributed by atoms with Crippen LogP contribution >= 0.6 is 55.1 Å². The molecule has 0 N–H and O–H groups in total. The Morgan fingerprint density at radius 3 is 2.27 bits per heavy atom. The van der Waals surface area contributed by atoms with Gasteiger partial charge in [0, 0.05) is 0 Å². The molecule has 0 radical (unpaired) electrons. The van der Waals surface area contributed by atoms with Crippen LogP contribution in [0.5, 0.6) is 0 Å². The van der Waals surface area contributed by atoms with E-state index in [9.17, 15) is 0 Å². The van der Waals surface area contributed by atoms with E-state index >= 15 is 0 Å². The van der Waals surface area contributed by atoms with Crippen LogP contribution < -0.4 is 0 Å². The standard InChI is InChI=1S/C7H4Br2Cl2/c8-7(9)4-2-1-3-5(10)6(4)11/h1-3,7H. The third-order valence-corrected chi connectivity index (χ3v) is 3.04. The summed E-state index contributed by atoms with van der Waals surface area (Å²) < 4.78 is 0.0567. The fourth-order valence-corrected chi connectivity index (χ4v) is 2.13. The summed E-state index contributed by atoms with van der Waals surface area (Å²) in [5.41, 5.74) is 0.944. The number of alkyl halides is 2. The van der Waals surface area contributed by atoms with E-state index in [2.05, 4.69) is 31.9 Å².